The van der Waals surface area contributed by atoms with E-state index < -0.39 is 11.9 Å². The highest BCUT2D eigenvalue weighted by Gasteiger charge is 2.22. The Morgan fingerprint density at radius 1 is 0.846 bits per heavy atom. The van der Waals surface area contributed by atoms with E-state index >= 15 is 0 Å². The van der Waals surface area contributed by atoms with Gasteiger partial charge in [-0.1, -0.05) is 32.0 Å². The lowest BCUT2D eigenvalue weighted by molar-refractivity contribution is 0.0451. The van der Waals surface area contributed by atoms with Gasteiger partial charge in [0.05, 0.1) is 32.0 Å². The number of benzene rings is 2. The third-order valence-corrected chi connectivity index (χ3v) is 3.49. The summed E-state index contributed by atoms with van der Waals surface area (Å²) in [6.45, 7) is 4.13. The molecule has 138 valence electrons. The molecule has 0 spiro atoms. The molecule has 0 N–H and O–H groups in total. The maximum absolute atomic E-state index is 12.7. The standard InChI is InChI=1S/C20H22O6/c1-13(2)12-25-19(21)14-8-5-6-9-15(14)20(22)26-18-16(23-3)10-7-11-17(18)24-4/h5-11,13H,12H2,1-4H3. The molecule has 2 aromatic rings. The summed E-state index contributed by atoms with van der Waals surface area (Å²) in [5.74, 6) is -0.248. The van der Waals surface area contributed by atoms with Crippen LogP contribution >= 0.6 is 0 Å². The fourth-order valence-corrected chi connectivity index (χ4v) is 2.22. The molecule has 0 aliphatic heterocycles. The number of carbonyl (C=O) groups excluding carboxylic acids is 2. The molecular weight excluding hydrogens is 336 g/mol. The van der Waals surface area contributed by atoms with Crippen molar-refractivity contribution in [3.05, 3.63) is 53.6 Å². The van der Waals surface area contributed by atoms with Crippen LogP contribution in [0.4, 0.5) is 0 Å². The molecule has 0 saturated carbocycles. The van der Waals surface area contributed by atoms with Crippen molar-refractivity contribution in [1.82, 2.24) is 0 Å². The van der Waals surface area contributed by atoms with Crippen LogP contribution in [0, 0.1) is 5.92 Å². The number of hydrogen-bond donors (Lipinski definition) is 0. The zero-order chi connectivity index (χ0) is 19.1. The Bertz CT molecular complexity index is 759. The number of carbonyl (C=O) groups is 2. The molecule has 0 fully saturated rings. The quantitative estimate of drug-likeness (QED) is 0.555. The highest BCUT2D eigenvalue weighted by atomic mass is 16.6. The summed E-state index contributed by atoms with van der Waals surface area (Å²) in [6, 6.07) is 11.4. The lowest BCUT2D eigenvalue weighted by atomic mass is 10.1. The molecular formula is C20H22O6. The Balaban J connectivity index is 2.30. The zero-order valence-electron chi connectivity index (χ0n) is 15.3. The largest absolute Gasteiger partial charge is 0.493 e. The Labute approximate surface area is 152 Å². The second kappa shape index (κ2) is 8.89. The molecule has 2 aromatic carbocycles. The van der Waals surface area contributed by atoms with Crippen LogP contribution in [0.15, 0.2) is 42.5 Å². The van der Waals surface area contributed by atoms with Gasteiger partial charge in [-0.2, -0.15) is 0 Å². The summed E-state index contributed by atoms with van der Waals surface area (Å²) in [5, 5.41) is 0. The third-order valence-electron chi connectivity index (χ3n) is 3.49. The molecule has 0 aliphatic carbocycles. The van der Waals surface area contributed by atoms with Crippen LogP contribution < -0.4 is 14.2 Å². The number of para-hydroxylation sites is 1. The van der Waals surface area contributed by atoms with E-state index in [1.54, 1.807) is 30.3 Å². The van der Waals surface area contributed by atoms with Crippen LogP contribution in [0.25, 0.3) is 0 Å². The first-order valence-electron chi connectivity index (χ1n) is 8.17. The molecule has 0 aliphatic rings. The number of rotatable bonds is 7. The van der Waals surface area contributed by atoms with Gasteiger partial charge in [-0.25, -0.2) is 9.59 Å². The van der Waals surface area contributed by atoms with Crippen LogP contribution in [0.5, 0.6) is 17.2 Å². The second-order valence-electron chi connectivity index (χ2n) is 5.92. The van der Waals surface area contributed by atoms with Gasteiger partial charge in [-0.3, -0.25) is 0 Å². The van der Waals surface area contributed by atoms with Crippen molar-refractivity contribution < 1.29 is 28.5 Å². The first-order chi connectivity index (χ1) is 12.5. The van der Waals surface area contributed by atoms with Gasteiger partial charge in [0.25, 0.3) is 0 Å². The van der Waals surface area contributed by atoms with E-state index in [9.17, 15) is 9.59 Å². The molecule has 0 heterocycles. The van der Waals surface area contributed by atoms with Crippen molar-refractivity contribution in [2.45, 2.75) is 13.8 Å². The van der Waals surface area contributed by atoms with Crippen LogP contribution in [-0.4, -0.2) is 32.8 Å². The first kappa shape index (κ1) is 19.3. The summed E-state index contributed by atoms with van der Waals surface area (Å²) >= 11 is 0. The minimum Gasteiger partial charge on any atom is -0.493 e. The average molecular weight is 358 g/mol. The van der Waals surface area contributed by atoms with Gasteiger partial charge in [-0.15, -0.1) is 0 Å². The summed E-state index contributed by atoms with van der Waals surface area (Å²) < 4.78 is 21.1. The number of hydrogen-bond acceptors (Lipinski definition) is 6. The molecule has 0 bridgehead atoms. The average Bonchev–Trinajstić information content (AvgIpc) is 2.66. The SMILES string of the molecule is COc1cccc(OC)c1OC(=O)c1ccccc1C(=O)OCC(C)C. The van der Waals surface area contributed by atoms with E-state index in [4.69, 9.17) is 18.9 Å². The summed E-state index contributed by atoms with van der Waals surface area (Å²) in [4.78, 5) is 25.0. The van der Waals surface area contributed by atoms with Gasteiger partial charge >= 0.3 is 11.9 Å². The summed E-state index contributed by atoms with van der Waals surface area (Å²) in [5.41, 5.74) is 0.251. The van der Waals surface area contributed by atoms with Gasteiger partial charge < -0.3 is 18.9 Å². The van der Waals surface area contributed by atoms with E-state index in [1.165, 1.54) is 26.4 Å². The zero-order valence-corrected chi connectivity index (χ0v) is 15.3. The smallest absolute Gasteiger partial charge is 0.344 e. The van der Waals surface area contributed by atoms with Crippen molar-refractivity contribution >= 4 is 11.9 Å². The van der Waals surface area contributed by atoms with E-state index in [2.05, 4.69) is 0 Å². The fraction of sp³-hybridized carbons (Fsp3) is 0.300. The van der Waals surface area contributed by atoms with Crippen molar-refractivity contribution in [1.29, 1.82) is 0 Å². The van der Waals surface area contributed by atoms with Crippen LogP contribution in [0.2, 0.25) is 0 Å². The Kier molecular flexibility index (Phi) is 6.60. The molecule has 0 saturated heterocycles. The van der Waals surface area contributed by atoms with Crippen molar-refractivity contribution in [2.24, 2.45) is 5.92 Å². The molecule has 0 amide bonds. The molecule has 26 heavy (non-hydrogen) atoms. The van der Waals surface area contributed by atoms with Crippen molar-refractivity contribution in [2.75, 3.05) is 20.8 Å². The maximum Gasteiger partial charge on any atom is 0.344 e. The predicted octanol–water partition coefficient (Wildman–Crippen LogP) is 3.74. The van der Waals surface area contributed by atoms with Gasteiger partial charge in [0, 0.05) is 0 Å². The van der Waals surface area contributed by atoms with E-state index in [-0.39, 0.29) is 29.4 Å². The molecule has 0 atom stereocenters. The van der Waals surface area contributed by atoms with Crippen LogP contribution in [0.3, 0.4) is 0 Å². The molecule has 0 aromatic heterocycles. The van der Waals surface area contributed by atoms with Gasteiger partial charge in [0.15, 0.2) is 11.5 Å². The fourth-order valence-electron chi connectivity index (χ4n) is 2.22. The predicted molar refractivity (Wildman–Crippen MR) is 96.1 cm³/mol. The Morgan fingerprint density at radius 3 is 1.88 bits per heavy atom. The molecule has 2 rings (SSSR count). The molecule has 6 heteroatoms. The normalized spacial score (nSPS) is 10.3. The Morgan fingerprint density at radius 2 is 1.38 bits per heavy atom. The minimum atomic E-state index is -0.704. The summed E-state index contributed by atoms with van der Waals surface area (Å²) in [7, 11) is 2.92. The van der Waals surface area contributed by atoms with Gasteiger partial charge in [0.1, 0.15) is 0 Å². The highest BCUT2D eigenvalue weighted by Crippen LogP contribution is 2.37. The lowest BCUT2D eigenvalue weighted by Gasteiger charge is -2.14. The highest BCUT2D eigenvalue weighted by molar-refractivity contribution is 6.04. The lowest BCUT2D eigenvalue weighted by Crippen LogP contribution is -2.17. The number of methoxy groups -OCH3 is 2. The van der Waals surface area contributed by atoms with Crippen LogP contribution in [-0.2, 0) is 4.74 Å². The molecule has 0 unspecified atom stereocenters. The molecule has 6 nitrogen and oxygen atoms in total. The van der Waals surface area contributed by atoms with Crippen molar-refractivity contribution in [3.8, 4) is 17.2 Å². The number of esters is 2. The van der Waals surface area contributed by atoms with Crippen LogP contribution in [0.1, 0.15) is 34.6 Å². The van der Waals surface area contributed by atoms with E-state index in [0.29, 0.717) is 11.5 Å². The monoisotopic (exact) mass is 358 g/mol. The van der Waals surface area contributed by atoms with E-state index in [1.807, 2.05) is 13.8 Å². The van der Waals surface area contributed by atoms with Gasteiger partial charge in [-0.05, 0) is 30.2 Å². The topological polar surface area (TPSA) is 71.1 Å². The second-order valence-corrected chi connectivity index (χ2v) is 5.92. The molecule has 0 radical (unpaired) electrons. The Hall–Kier alpha value is -3.02. The maximum atomic E-state index is 12.7. The van der Waals surface area contributed by atoms with Crippen molar-refractivity contribution in [3.63, 3.8) is 0 Å². The van der Waals surface area contributed by atoms with Gasteiger partial charge in [0.2, 0.25) is 5.75 Å². The summed E-state index contributed by atoms with van der Waals surface area (Å²) in [6.07, 6.45) is 0. The third kappa shape index (κ3) is 4.53. The minimum absolute atomic E-state index is 0.106. The number of ether oxygens (including phenoxy) is 4. The first-order valence-corrected chi connectivity index (χ1v) is 8.17. The van der Waals surface area contributed by atoms with E-state index in [0.717, 1.165) is 0 Å².